The van der Waals surface area contributed by atoms with E-state index >= 15 is 0 Å². The van der Waals surface area contributed by atoms with Crippen molar-refractivity contribution in [2.24, 2.45) is 0 Å². The van der Waals surface area contributed by atoms with Gasteiger partial charge in [0.1, 0.15) is 5.60 Å². The Morgan fingerprint density at radius 3 is 2.62 bits per heavy atom. The molecule has 94 valence electrons. The minimum atomic E-state index is -0.468. The monoisotopic (exact) mass is 230 g/mol. The van der Waals surface area contributed by atoms with Gasteiger partial charge in [-0.15, -0.1) is 0 Å². The Kier molecular flexibility index (Phi) is 4.15. The normalized spacial score (nSPS) is 25.5. The second-order valence-electron chi connectivity index (χ2n) is 5.24. The van der Waals surface area contributed by atoms with Gasteiger partial charge in [0.05, 0.1) is 12.1 Å². The zero-order valence-electron chi connectivity index (χ0n) is 10.6. The van der Waals surface area contributed by atoms with Crippen LogP contribution >= 0.6 is 0 Å². The number of hydrogen-bond donors (Lipinski definition) is 2. The fourth-order valence-electron chi connectivity index (χ4n) is 1.75. The number of rotatable bonds is 3. The van der Waals surface area contributed by atoms with Crippen LogP contribution in [0.5, 0.6) is 0 Å². The first-order valence-corrected chi connectivity index (χ1v) is 5.60. The van der Waals surface area contributed by atoms with E-state index in [-0.39, 0.29) is 11.6 Å². The van der Waals surface area contributed by atoms with Crippen LogP contribution in [0.2, 0.25) is 0 Å². The summed E-state index contributed by atoms with van der Waals surface area (Å²) in [5.41, 5.74) is -0.790. The zero-order chi connectivity index (χ0) is 12.2. The van der Waals surface area contributed by atoms with Gasteiger partial charge in [0, 0.05) is 13.2 Å². The van der Waals surface area contributed by atoms with E-state index in [0.717, 1.165) is 6.42 Å². The van der Waals surface area contributed by atoms with Crippen molar-refractivity contribution in [1.29, 1.82) is 0 Å². The molecule has 0 saturated carbocycles. The second kappa shape index (κ2) is 5.01. The summed E-state index contributed by atoms with van der Waals surface area (Å²) in [6, 6.07) is 0. The molecule has 5 heteroatoms. The van der Waals surface area contributed by atoms with Crippen LogP contribution in [0.25, 0.3) is 0 Å². The minimum absolute atomic E-state index is 0.322. The molecule has 0 aromatic rings. The molecule has 2 N–H and O–H groups in total. The molecule has 0 bridgehead atoms. The molecule has 0 radical (unpaired) electrons. The molecule has 1 saturated heterocycles. The van der Waals surface area contributed by atoms with Crippen molar-refractivity contribution >= 4 is 6.09 Å². The predicted octanol–water partition coefficient (Wildman–Crippen LogP) is 0.890. The number of likely N-dealkylation sites (N-methyl/N-ethyl adjacent to an activating group) is 1. The van der Waals surface area contributed by atoms with E-state index in [1.165, 1.54) is 0 Å². The summed E-state index contributed by atoms with van der Waals surface area (Å²) in [7, 11) is 1.86. The average molecular weight is 230 g/mol. The lowest BCUT2D eigenvalue weighted by Crippen LogP contribution is -2.55. The first-order valence-electron chi connectivity index (χ1n) is 5.60. The molecule has 16 heavy (non-hydrogen) atoms. The molecule has 0 spiro atoms. The highest BCUT2D eigenvalue weighted by Crippen LogP contribution is 2.18. The topological polar surface area (TPSA) is 59.6 Å². The smallest absolute Gasteiger partial charge is 0.408 e. The van der Waals surface area contributed by atoms with Crippen molar-refractivity contribution < 1.29 is 14.3 Å². The lowest BCUT2D eigenvalue weighted by atomic mass is 9.99. The lowest BCUT2D eigenvalue weighted by molar-refractivity contribution is 0.0441. The number of hydrogen-bond acceptors (Lipinski definition) is 4. The summed E-state index contributed by atoms with van der Waals surface area (Å²) in [5.74, 6) is 0. The largest absolute Gasteiger partial charge is 0.444 e. The van der Waals surface area contributed by atoms with Crippen LogP contribution in [-0.4, -0.2) is 44.0 Å². The van der Waals surface area contributed by atoms with Crippen LogP contribution in [0, 0.1) is 0 Å². The van der Waals surface area contributed by atoms with Gasteiger partial charge in [0.15, 0.2) is 0 Å². The molecule has 0 aromatic heterocycles. The van der Waals surface area contributed by atoms with E-state index in [0.29, 0.717) is 19.8 Å². The third-order valence-corrected chi connectivity index (χ3v) is 2.38. The highest BCUT2D eigenvalue weighted by Gasteiger charge is 2.37. The van der Waals surface area contributed by atoms with Gasteiger partial charge in [-0.25, -0.2) is 4.79 Å². The first kappa shape index (κ1) is 13.3. The van der Waals surface area contributed by atoms with E-state index in [4.69, 9.17) is 9.47 Å². The Hall–Kier alpha value is -0.810. The van der Waals surface area contributed by atoms with Crippen LogP contribution < -0.4 is 10.6 Å². The molecule has 5 nitrogen and oxygen atoms in total. The van der Waals surface area contributed by atoms with Gasteiger partial charge in [0.2, 0.25) is 0 Å². The maximum Gasteiger partial charge on any atom is 0.408 e. The van der Waals surface area contributed by atoms with Crippen molar-refractivity contribution in [2.75, 3.05) is 26.8 Å². The number of amides is 1. The van der Waals surface area contributed by atoms with Gasteiger partial charge in [-0.1, -0.05) is 0 Å². The molecular weight excluding hydrogens is 208 g/mol. The minimum Gasteiger partial charge on any atom is -0.444 e. The molecule has 1 amide bonds. The van der Waals surface area contributed by atoms with Gasteiger partial charge in [0.25, 0.3) is 0 Å². The van der Waals surface area contributed by atoms with Crippen LogP contribution in [0.4, 0.5) is 4.79 Å². The standard InChI is InChI=1S/C11H22N2O3/c1-10(2,3)16-9(14)13-11(7-12-4)5-6-15-8-11/h12H,5-8H2,1-4H3,(H,13,14). The van der Waals surface area contributed by atoms with Crippen LogP contribution in [0.15, 0.2) is 0 Å². The molecule has 1 rings (SSSR count). The Morgan fingerprint density at radius 2 is 2.19 bits per heavy atom. The molecule has 1 fully saturated rings. The summed E-state index contributed by atoms with van der Waals surface area (Å²) >= 11 is 0. The molecule has 0 aliphatic carbocycles. The second-order valence-corrected chi connectivity index (χ2v) is 5.24. The van der Waals surface area contributed by atoms with Gasteiger partial charge in [-0.3, -0.25) is 0 Å². The van der Waals surface area contributed by atoms with E-state index in [1.54, 1.807) is 0 Å². The maximum atomic E-state index is 11.7. The number of ether oxygens (including phenoxy) is 2. The number of carbonyl (C=O) groups excluding carboxylic acids is 1. The molecular formula is C11H22N2O3. The molecule has 0 aromatic carbocycles. The van der Waals surface area contributed by atoms with Gasteiger partial charge < -0.3 is 20.1 Å². The Balaban J connectivity index is 2.52. The molecule has 1 unspecified atom stereocenters. The molecule has 1 aliphatic heterocycles. The highest BCUT2D eigenvalue weighted by molar-refractivity contribution is 5.69. The predicted molar refractivity (Wildman–Crippen MR) is 61.5 cm³/mol. The summed E-state index contributed by atoms with van der Waals surface area (Å²) in [5, 5.41) is 5.97. The fraction of sp³-hybridized carbons (Fsp3) is 0.909. The summed E-state index contributed by atoms with van der Waals surface area (Å²) in [4.78, 5) is 11.7. The van der Waals surface area contributed by atoms with Crippen molar-refractivity contribution in [2.45, 2.75) is 38.3 Å². The Labute approximate surface area is 96.9 Å². The third kappa shape index (κ3) is 3.98. The summed E-state index contributed by atoms with van der Waals surface area (Å²) in [6.07, 6.45) is 0.431. The number of nitrogens with one attached hydrogen (secondary N) is 2. The van der Waals surface area contributed by atoms with Crippen LogP contribution in [0.3, 0.4) is 0 Å². The van der Waals surface area contributed by atoms with Crippen molar-refractivity contribution in [1.82, 2.24) is 10.6 Å². The van der Waals surface area contributed by atoms with Crippen molar-refractivity contribution in [3.63, 3.8) is 0 Å². The van der Waals surface area contributed by atoms with E-state index in [2.05, 4.69) is 10.6 Å². The Morgan fingerprint density at radius 1 is 1.50 bits per heavy atom. The van der Waals surface area contributed by atoms with E-state index < -0.39 is 5.60 Å². The Bertz CT molecular complexity index is 242. The molecule has 1 heterocycles. The number of carbonyl (C=O) groups is 1. The number of alkyl carbamates (subject to hydrolysis) is 1. The summed E-state index contributed by atoms with van der Waals surface area (Å²) in [6.45, 7) is 7.45. The van der Waals surface area contributed by atoms with Crippen molar-refractivity contribution in [3.05, 3.63) is 0 Å². The third-order valence-electron chi connectivity index (χ3n) is 2.38. The van der Waals surface area contributed by atoms with Gasteiger partial charge >= 0.3 is 6.09 Å². The highest BCUT2D eigenvalue weighted by atomic mass is 16.6. The quantitative estimate of drug-likeness (QED) is 0.756. The van der Waals surface area contributed by atoms with Crippen LogP contribution in [-0.2, 0) is 9.47 Å². The average Bonchev–Trinajstić information content (AvgIpc) is 2.49. The SMILES string of the molecule is CNCC1(NC(=O)OC(C)(C)C)CCOC1. The fourth-order valence-corrected chi connectivity index (χ4v) is 1.75. The molecule has 1 atom stereocenters. The lowest BCUT2D eigenvalue weighted by Gasteiger charge is -2.30. The maximum absolute atomic E-state index is 11.7. The van der Waals surface area contributed by atoms with Crippen molar-refractivity contribution in [3.8, 4) is 0 Å². The van der Waals surface area contributed by atoms with Gasteiger partial charge in [-0.2, -0.15) is 0 Å². The van der Waals surface area contributed by atoms with E-state index in [1.807, 2.05) is 27.8 Å². The first-order chi connectivity index (χ1) is 7.37. The van der Waals surface area contributed by atoms with Crippen LogP contribution in [0.1, 0.15) is 27.2 Å². The van der Waals surface area contributed by atoms with Gasteiger partial charge in [-0.05, 0) is 34.2 Å². The summed E-state index contributed by atoms with van der Waals surface area (Å²) < 4.78 is 10.6. The molecule has 1 aliphatic rings. The van der Waals surface area contributed by atoms with E-state index in [9.17, 15) is 4.79 Å². The zero-order valence-corrected chi connectivity index (χ0v) is 10.6.